The number of imidazole rings is 1. The number of aromatic nitrogens is 2. The third-order valence-corrected chi connectivity index (χ3v) is 6.64. The van der Waals surface area contributed by atoms with E-state index in [1.54, 1.807) is 0 Å². The van der Waals surface area contributed by atoms with E-state index in [1.807, 2.05) is 49.1 Å². The van der Waals surface area contributed by atoms with E-state index in [2.05, 4.69) is 15.3 Å². The molecule has 0 spiro atoms. The number of nitrogens with one attached hydrogen (secondary N) is 2. The van der Waals surface area contributed by atoms with Gasteiger partial charge in [-0.2, -0.15) is 0 Å². The van der Waals surface area contributed by atoms with E-state index in [4.69, 9.17) is 14.3 Å². The lowest BCUT2D eigenvalue weighted by Crippen LogP contribution is -2.56. The zero-order chi connectivity index (χ0) is 23.5. The Hall–Kier alpha value is -3.62. The Labute approximate surface area is 191 Å². The van der Waals surface area contributed by atoms with Crippen LogP contribution in [-0.4, -0.2) is 51.4 Å². The fourth-order valence-electron chi connectivity index (χ4n) is 4.97. The molecule has 3 atom stereocenters. The van der Waals surface area contributed by atoms with Crippen molar-refractivity contribution in [2.45, 2.75) is 33.2 Å². The van der Waals surface area contributed by atoms with Gasteiger partial charge in [0.15, 0.2) is 0 Å². The number of H-pyrrole nitrogens is 1. The van der Waals surface area contributed by atoms with Crippen molar-refractivity contribution >= 4 is 29.3 Å². The molecule has 1 aliphatic heterocycles. The summed E-state index contributed by atoms with van der Waals surface area (Å²) in [6, 6.07) is 9.63. The molecule has 2 amide bonds. The van der Waals surface area contributed by atoms with Crippen molar-refractivity contribution in [3.8, 4) is 0 Å². The average molecular weight is 453 g/mol. The molecule has 0 bridgehead atoms. The van der Waals surface area contributed by atoms with Gasteiger partial charge in [0.05, 0.1) is 23.1 Å². The topological polar surface area (TPSA) is 129 Å². The molecule has 2 fully saturated rings. The number of para-hydroxylation sites is 2. The molecule has 9 nitrogen and oxygen atoms in total. The molecule has 0 unspecified atom stereocenters. The lowest BCUT2D eigenvalue weighted by molar-refractivity contribution is -0.136. The maximum Gasteiger partial charge on any atom is 0.290 e. The van der Waals surface area contributed by atoms with Crippen LogP contribution in [-0.2, 0) is 16.1 Å². The quantitative estimate of drug-likeness (QED) is 0.522. The Bertz CT molecular complexity index is 1130. The molecule has 2 aliphatic rings. The number of hydrogen-bond donors (Lipinski definition) is 3. The molecule has 5 rings (SSSR count). The van der Waals surface area contributed by atoms with Gasteiger partial charge in [-0.25, -0.2) is 4.98 Å². The van der Waals surface area contributed by atoms with Gasteiger partial charge in [0, 0.05) is 19.0 Å². The number of nitrogens with zero attached hydrogens (tertiary/aromatic N) is 2. The highest BCUT2D eigenvalue weighted by molar-refractivity contribution is 5.95. The van der Waals surface area contributed by atoms with Crippen molar-refractivity contribution in [3.63, 3.8) is 0 Å². The van der Waals surface area contributed by atoms with E-state index in [9.17, 15) is 9.59 Å². The monoisotopic (exact) mass is 452 g/mol. The minimum absolute atomic E-state index is 0.0103. The van der Waals surface area contributed by atoms with Crippen LogP contribution in [0.25, 0.3) is 11.0 Å². The Kier molecular flexibility index (Phi) is 6.48. The molecule has 3 N–H and O–H groups in total. The predicted octanol–water partition coefficient (Wildman–Crippen LogP) is 2.89. The summed E-state index contributed by atoms with van der Waals surface area (Å²) in [6.45, 7) is 5.19. The van der Waals surface area contributed by atoms with Gasteiger partial charge in [-0.1, -0.05) is 12.1 Å². The second-order valence-corrected chi connectivity index (χ2v) is 8.66. The van der Waals surface area contributed by atoms with Crippen LogP contribution in [0.1, 0.15) is 40.5 Å². The van der Waals surface area contributed by atoms with Crippen LogP contribution in [0.3, 0.4) is 0 Å². The number of benzene rings is 1. The van der Waals surface area contributed by atoms with Gasteiger partial charge >= 0.3 is 0 Å². The number of amides is 2. The number of aromatic amines is 1. The number of carbonyl (C=O) groups is 3. The number of rotatable bonds is 4. The maximum atomic E-state index is 12.9. The number of piperidine rings is 1. The molecule has 1 saturated heterocycles. The molecule has 1 aliphatic carbocycles. The molecule has 2 aromatic heterocycles. The zero-order valence-electron chi connectivity index (χ0n) is 18.7. The van der Waals surface area contributed by atoms with Gasteiger partial charge < -0.3 is 24.7 Å². The van der Waals surface area contributed by atoms with E-state index in [1.165, 1.54) is 0 Å². The number of fused-ring (bicyclic) bond motifs is 2. The summed E-state index contributed by atoms with van der Waals surface area (Å²) in [5, 5.41) is 9.92. The van der Waals surface area contributed by atoms with E-state index < -0.39 is 0 Å². The summed E-state index contributed by atoms with van der Waals surface area (Å²) in [7, 11) is 0. The largest absolute Gasteiger partial charge is 0.483 e. The molecule has 1 saturated carbocycles. The molecule has 9 heteroatoms. The minimum atomic E-state index is -0.250. The number of aryl methyl sites for hydroxylation is 2. The molecule has 1 aromatic carbocycles. The second-order valence-electron chi connectivity index (χ2n) is 8.66. The van der Waals surface area contributed by atoms with Crippen LogP contribution in [0.2, 0.25) is 0 Å². The predicted molar refractivity (Wildman–Crippen MR) is 120 cm³/mol. The number of hydrogen-bond acceptors (Lipinski definition) is 5. The summed E-state index contributed by atoms with van der Waals surface area (Å²) in [4.78, 5) is 43.7. The SMILES string of the molecule is Cc1cc(C(=O)N2CC[C@@H]3C[C@@H](C(=O)NCc4nc5ccccc5[nH]4)[C@@H]3C2)c(C)o1.O=CO. The van der Waals surface area contributed by atoms with Crippen LogP contribution in [0.5, 0.6) is 0 Å². The lowest BCUT2D eigenvalue weighted by Gasteiger charge is -2.50. The third kappa shape index (κ3) is 4.62. The number of carboxylic acid groups (broad SMARTS) is 1. The molecule has 3 aromatic rings. The Morgan fingerprint density at radius 1 is 1.33 bits per heavy atom. The molecule has 3 heterocycles. The maximum absolute atomic E-state index is 12.9. The van der Waals surface area contributed by atoms with Gasteiger partial charge in [-0.05, 0) is 56.7 Å². The van der Waals surface area contributed by atoms with Gasteiger partial charge in [0.1, 0.15) is 17.3 Å². The van der Waals surface area contributed by atoms with Crippen LogP contribution >= 0.6 is 0 Å². The zero-order valence-corrected chi connectivity index (χ0v) is 18.7. The highest BCUT2D eigenvalue weighted by Gasteiger charge is 2.48. The standard InChI is InChI=1S/C23H26N4O3.CH2O2/c1-13-9-16(14(2)30-13)23(29)27-8-7-15-10-17(18(15)12-27)22(28)24-11-21-25-19-5-3-4-6-20(19)26-21;2-1-3/h3-6,9,15,17-18H,7-8,10-12H2,1-2H3,(H,24,28)(H,25,26);1H,(H,2,3)/t15-,17-,18-;/m1./s1. The first-order chi connectivity index (χ1) is 15.9. The van der Waals surface area contributed by atoms with E-state index >= 15 is 0 Å². The first kappa shape index (κ1) is 22.6. The van der Waals surface area contributed by atoms with Crippen LogP contribution in [0, 0.1) is 31.6 Å². The van der Waals surface area contributed by atoms with E-state index in [-0.39, 0.29) is 30.1 Å². The van der Waals surface area contributed by atoms with Crippen molar-refractivity contribution < 1.29 is 23.9 Å². The highest BCUT2D eigenvalue weighted by atomic mass is 16.3. The number of likely N-dealkylation sites (tertiary alicyclic amines) is 1. The van der Waals surface area contributed by atoms with Crippen LogP contribution in [0.4, 0.5) is 0 Å². The molecule has 174 valence electrons. The smallest absolute Gasteiger partial charge is 0.290 e. The summed E-state index contributed by atoms with van der Waals surface area (Å²) < 4.78 is 5.52. The number of carbonyl (C=O) groups excluding carboxylic acids is 2. The van der Waals surface area contributed by atoms with Gasteiger partial charge in [-0.15, -0.1) is 0 Å². The fraction of sp³-hybridized carbons (Fsp3) is 0.417. The van der Waals surface area contributed by atoms with Gasteiger partial charge in [0.2, 0.25) is 5.91 Å². The van der Waals surface area contributed by atoms with Crippen molar-refractivity contribution in [2.75, 3.05) is 13.1 Å². The van der Waals surface area contributed by atoms with Crippen LogP contribution < -0.4 is 5.32 Å². The molecule has 33 heavy (non-hydrogen) atoms. The first-order valence-electron chi connectivity index (χ1n) is 11.1. The van der Waals surface area contributed by atoms with E-state index in [0.29, 0.717) is 30.3 Å². The summed E-state index contributed by atoms with van der Waals surface area (Å²) in [5.74, 6) is 2.95. The lowest BCUT2D eigenvalue weighted by atomic mass is 9.61. The highest BCUT2D eigenvalue weighted by Crippen LogP contribution is 2.46. The summed E-state index contributed by atoms with van der Waals surface area (Å²) in [6.07, 6.45) is 1.86. The van der Waals surface area contributed by atoms with Gasteiger partial charge in [-0.3, -0.25) is 14.4 Å². The fourth-order valence-corrected chi connectivity index (χ4v) is 4.97. The van der Waals surface area contributed by atoms with Crippen molar-refractivity contribution in [2.24, 2.45) is 17.8 Å². The minimum Gasteiger partial charge on any atom is -0.483 e. The molecular weight excluding hydrogens is 424 g/mol. The Morgan fingerprint density at radius 3 is 2.79 bits per heavy atom. The number of furan rings is 1. The van der Waals surface area contributed by atoms with Crippen molar-refractivity contribution in [1.29, 1.82) is 0 Å². The Balaban J connectivity index is 0.000000821. The first-order valence-corrected chi connectivity index (χ1v) is 11.1. The van der Waals surface area contributed by atoms with Gasteiger partial charge in [0.25, 0.3) is 12.4 Å². The Morgan fingerprint density at radius 2 is 2.09 bits per heavy atom. The van der Waals surface area contributed by atoms with Crippen LogP contribution in [0.15, 0.2) is 34.7 Å². The average Bonchev–Trinajstić information content (AvgIpc) is 3.35. The van der Waals surface area contributed by atoms with E-state index in [0.717, 1.165) is 42.0 Å². The second kappa shape index (κ2) is 9.48. The summed E-state index contributed by atoms with van der Waals surface area (Å²) >= 11 is 0. The van der Waals surface area contributed by atoms with Crippen molar-refractivity contribution in [3.05, 3.63) is 53.2 Å². The summed E-state index contributed by atoms with van der Waals surface area (Å²) in [5.41, 5.74) is 2.50. The molecule has 0 radical (unpaired) electrons. The normalized spacial score (nSPS) is 21.4. The molecular formula is C24H28N4O5. The third-order valence-electron chi connectivity index (χ3n) is 6.64. The van der Waals surface area contributed by atoms with Crippen molar-refractivity contribution in [1.82, 2.24) is 20.2 Å².